The summed E-state index contributed by atoms with van der Waals surface area (Å²) in [5.41, 5.74) is 10.8. The van der Waals surface area contributed by atoms with Gasteiger partial charge in [-0.1, -0.05) is 25.1 Å². The monoisotopic (exact) mass is 432 g/mol. The first-order chi connectivity index (χ1) is 15.5. The number of amides is 2. The number of aryl methyl sites for hydroxylation is 1. The molecule has 1 aromatic heterocycles. The predicted molar refractivity (Wildman–Crippen MR) is 125 cm³/mol. The molecule has 166 valence electrons. The van der Waals surface area contributed by atoms with Crippen LogP contribution < -0.4 is 5.73 Å². The molecule has 32 heavy (non-hydrogen) atoms. The number of piperazine rings is 1. The van der Waals surface area contributed by atoms with Gasteiger partial charge in [-0.25, -0.2) is 9.78 Å². The van der Waals surface area contributed by atoms with Gasteiger partial charge in [0.05, 0.1) is 17.8 Å². The number of ether oxygens (including phenoxy) is 1. The maximum absolute atomic E-state index is 13.1. The van der Waals surface area contributed by atoms with Gasteiger partial charge in [-0.15, -0.1) is 0 Å². The number of nitrogen functional groups attached to an aromatic ring is 1. The van der Waals surface area contributed by atoms with E-state index in [1.165, 1.54) is 0 Å². The van der Waals surface area contributed by atoms with E-state index in [1.54, 1.807) is 9.80 Å². The summed E-state index contributed by atoms with van der Waals surface area (Å²) in [7, 11) is 0. The molecule has 0 spiro atoms. The van der Waals surface area contributed by atoms with Crippen molar-refractivity contribution in [1.29, 1.82) is 0 Å². The van der Waals surface area contributed by atoms with E-state index in [9.17, 15) is 9.59 Å². The third-order valence-electron chi connectivity index (χ3n) is 5.72. The Balaban J connectivity index is 1.52. The highest BCUT2D eigenvalue weighted by atomic mass is 16.6. The Morgan fingerprint density at radius 3 is 2.38 bits per heavy atom. The second kappa shape index (κ2) is 9.26. The number of hydrogen-bond donors (Lipinski definition) is 1. The number of carbonyl (C=O) groups excluding carboxylic acids is 2. The molecule has 1 aliphatic heterocycles. The quantitative estimate of drug-likeness (QED) is 0.627. The maximum atomic E-state index is 13.1. The minimum Gasteiger partial charge on any atom is -0.449 e. The van der Waals surface area contributed by atoms with Crippen LogP contribution in [-0.4, -0.2) is 59.6 Å². The molecule has 0 radical (unpaired) electrons. The Kier molecular flexibility index (Phi) is 6.25. The zero-order valence-electron chi connectivity index (χ0n) is 18.5. The fourth-order valence-corrected chi connectivity index (χ4v) is 3.89. The lowest BCUT2D eigenvalue weighted by Gasteiger charge is -2.34. The highest BCUT2D eigenvalue weighted by Crippen LogP contribution is 2.26. The van der Waals surface area contributed by atoms with Crippen molar-refractivity contribution in [2.75, 3.05) is 38.5 Å². The fraction of sp³-hybridized carbons (Fsp3) is 0.320. The van der Waals surface area contributed by atoms with E-state index in [0.29, 0.717) is 44.0 Å². The number of fused-ring (bicyclic) bond motifs is 1. The zero-order chi connectivity index (χ0) is 22.7. The Morgan fingerprint density at radius 1 is 1.00 bits per heavy atom. The van der Waals surface area contributed by atoms with Gasteiger partial charge in [0.1, 0.15) is 0 Å². The molecule has 1 fully saturated rings. The third-order valence-corrected chi connectivity index (χ3v) is 5.72. The molecule has 7 heteroatoms. The highest BCUT2D eigenvalue weighted by molar-refractivity contribution is 5.98. The number of nitrogens with zero attached hydrogens (tertiary/aromatic N) is 3. The van der Waals surface area contributed by atoms with Crippen LogP contribution in [0, 0.1) is 6.92 Å². The smallest absolute Gasteiger partial charge is 0.409 e. The average molecular weight is 433 g/mol. The molecule has 0 saturated carbocycles. The zero-order valence-corrected chi connectivity index (χ0v) is 18.5. The summed E-state index contributed by atoms with van der Waals surface area (Å²) in [4.78, 5) is 33.4. The van der Waals surface area contributed by atoms with E-state index < -0.39 is 0 Å². The number of rotatable bonds is 4. The Morgan fingerprint density at radius 2 is 1.69 bits per heavy atom. The lowest BCUT2D eigenvalue weighted by Crippen LogP contribution is -2.50. The number of benzene rings is 2. The van der Waals surface area contributed by atoms with Gasteiger partial charge in [-0.3, -0.25) is 4.79 Å². The second-order valence-corrected chi connectivity index (χ2v) is 8.07. The molecule has 0 bridgehead atoms. The van der Waals surface area contributed by atoms with E-state index in [4.69, 9.17) is 15.5 Å². The minimum absolute atomic E-state index is 0.0502. The molecule has 4 rings (SSSR count). The summed E-state index contributed by atoms with van der Waals surface area (Å²) in [6.45, 7) is 6.33. The molecule has 7 nitrogen and oxygen atoms in total. The fourth-order valence-electron chi connectivity index (χ4n) is 3.89. The summed E-state index contributed by atoms with van der Waals surface area (Å²) in [6, 6.07) is 15.3. The maximum Gasteiger partial charge on any atom is 0.409 e. The van der Waals surface area contributed by atoms with Crippen molar-refractivity contribution in [3.63, 3.8) is 0 Å². The van der Waals surface area contributed by atoms with E-state index >= 15 is 0 Å². The molecule has 2 N–H and O–H groups in total. The molecule has 1 aliphatic rings. The molecule has 1 saturated heterocycles. The molecule has 3 aromatic rings. The van der Waals surface area contributed by atoms with Crippen LogP contribution in [0.4, 0.5) is 10.5 Å². The normalized spacial score (nSPS) is 13.9. The number of aromatic nitrogens is 1. The molecular formula is C25H28N4O3. The summed E-state index contributed by atoms with van der Waals surface area (Å²) < 4.78 is 5.19. The molecule has 2 heterocycles. The number of carbonyl (C=O) groups is 2. The number of anilines is 1. The van der Waals surface area contributed by atoms with Crippen molar-refractivity contribution in [1.82, 2.24) is 14.8 Å². The van der Waals surface area contributed by atoms with E-state index in [-0.39, 0.29) is 12.0 Å². The van der Waals surface area contributed by atoms with Crippen molar-refractivity contribution in [2.24, 2.45) is 0 Å². The first kappa shape index (κ1) is 21.6. The van der Waals surface area contributed by atoms with Crippen LogP contribution in [0.25, 0.3) is 22.2 Å². The van der Waals surface area contributed by atoms with Crippen molar-refractivity contribution >= 4 is 28.6 Å². The summed E-state index contributed by atoms with van der Waals surface area (Å²) in [5, 5.41) is 1.02. The molecule has 0 aliphatic carbocycles. The minimum atomic E-state index is -0.306. The SMILES string of the molecule is CCCOC(=O)N1CCN(C(=O)c2ccc3c(C)cc(-c4ccc(N)cc4)nc3c2)CC1. The first-order valence-corrected chi connectivity index (χ1v) is 10.9. The van der Waals surface area contributed by atoms with Crippen LogP contribution in [0.15, 0.2) is 48.5 Å². The van der Waals surface area contributed by atoms with E-state index in [1.807, 2.05) is 62.4 Å². The predicted octanol–water partition coefficient (Wildman–Crippen LogP) is 4.10. The van der Waals surface area contributed by atoms with Gasteiger partial charge < -0.3 is 20.3 Å². The second-order valence-electron chi connectivity index (χ2n) is 8.07. The number of pyridine rings is 1. The van der Waals surface area contributed by atoms with Gasteiger partial charge >= 0.3 is 6.09 Å². The molecule has 0 atom stereocenters. The van der Waals surface area contributed by atoms with Crippen molar-refractivity contribution < 1.29 is 14.3 Å². The highest BCUT2D eigenvalue weighted by Gasteiger charge is 2.25. The molecular weight excluding hydrogens is 404 g/mol. The van der Waals surface area contributed by atoms with Crippen molar-refractivity contribution in [3.05, 3.63) is 59.7 Å². The summed E-state index contributed by atoms with van der Waals surface area (Å²) >= 11 is 0. The third kappa shape index (κ3) is 4.51. The first-order valence-electron chi connectivity index (χ1n) is 10.9. The standard InChI is InChI=1S/C25H28N4O3/c1-3-14-32-25(31)29-12-10-28(11-13-29)24(30)19-6-9-21-17(2)15-22(27-23(21)16-19)18-4-7-20(26)8-5-18/h4-9,15-16H,3,10-14,26H2,1-2H3. The number of nitrogens with two attached hydrogens (primary N) is 1. The summed E-state index contributed by atoms with van der Waals surface area (Å²) in [6.07, 6.45) is 0.485. The largest absolute Gasteiger partial charge is 0.449 e. The van der Waals surface area contributed by atoms with Gasteiger partial charge in [0, 0.05) is 48.4 Å². The summed E-state index contributed by atoms with van der Waals surface area (Å²) in [5.74, 6) is -0.0502. The lowest BCUT2D eigenvalue weighted by atomic mass is 10.0. The van der Waals surface area contributed by atoms with Crippen molar-refractivity contribution in [2.45, 2.75) is 20.3 Å². The van der Waals surface area contributed by atoms with Crippen molar-refractivity contribution in [3.8, 4) is 11.3 Å². The van der Waals surface area contributed by atoms with Gasteiger partial charge in [-0.05, 0) is 49.2 Å². The molecule has 2 amide bonds. The topological polar surface area (TPSA) is 88.8 Å². The van der Waals surface area contributed by atoms with E-state index in [0.717, 1.165) is 34.1 Å². The van der Waals surface area contributed by atoms with E-state index in [2.05, 4.69) is 0 Å². The Labute approximate surface area is 187 Å². The van der Waals surface area contributed by atoms with Crippen LogP contribution in [0.5, 0.6) is 0 Å². The van der Waals surface area contributed by atoms with Crippen LogP contribution in [0.3, 0.4) is 0 Å². The Hall–Kier alpha value is -3.61. The van der Waals surface area contributed by atoms with Crippen LogP contribution >= 0.6 is 0 Å². The Bertz CT molecular complexity index is 1140. The van der Waals surface area contributed by atoms with Gasteiger partial charge in [-0.2, -0.15) is 0 Å². The van der Waals surface area contributed by atoms with Gasteiger partial charge in [0.2, 0.25) is 0 Å². The molecule has 2 aromatic carbocycles. The lowest BCUT2D eigenvalue weighted by molar-refractivity contribution is 0.0560. The van der Waals surface area contributed by atoms with Crippen LogP contribution in [0.2, 0.25) is 0 Å². The van der Waals surface area contributed by atoms with Crippen LogP contribution in [0.1, 0.15) is 29.3 Å². The molecule has 0 unspecified atom stereocenters. The van der Waals surface area contributed by atoms with Gasteiger partial charge in [0.25, 0.3) is 5.91 Å². The number of hydrogen-bond acceptors (Lipinski definition) is 5. The van der Waals surface area contributed by atoms with Gasteiger partial charge in [0.15, 0.2) is 0 Å². The van der Waals surface area contributed by atoms with Crippen LogP contribution in [-0.2, 0) is 4.74 Å². The average Bonchev–Trinajstić information content (AvgIpc) is 2.82.